The van der Waals surface area contributed by atoms with E-state index >= 15 is 8.78 Å². The number of rotatable bonds is 19. The first-order valence-corrected chi connectivity index (χ1v) is 27.9. The Labute approximate surface area is 607 Å². The summed E-state index contributed by atoms with van der Waals surface area (Å²) in [5, 5.41) is 47.2. The van der Waals surface area contributed by atoms with Crippen LogP contribution in [-0.2, 0) is 56.0 Å². The van der Waals surface area contributed by atoms with Crippen LogP contribution in [0.25, 0.3) is 0 Å². The van der Waals surface area contributed by atoms with Gasteiger partial charge in [0.2, 0.25) is 17.9 Å². The van der Waals surface area contributed by atoms with Crippen LogP contribution in [0.1, 0.15) is 111 Å². The van der Waals surface area contributed by atoms with Crippen LogP contribution in [0.3, 0.4) is 0 Å². The number of nitrogens with zero attached hydrogens (tertiary/aromatic N) is 2. The molecule has 2 saturated heterocycles. The Morgan fingerprint density at radius 2 is 1.04 bits per heavy atom. The smallest absolute Gasteiger partial charge is 1.00 e. The van der Waals surface area contributed by atoms with E-state index in [1.807, 2.05) is 0 Å². The summed E-state index contributed by atoms with van der Waals surface area (Å²) in [6.45, 7) is 14.9. The number of aryl methyl sites for hydroxylation is 2. The van der Waals surface area contributed by atoms with Crippen LogP contribution in [0.5, 0.6) is 11.5 Å². The number of aromatic hydroxyl groups is 1. The van der Waals surface area contributed by atoms with Gasteiger partial charge in [-0.25, -0.2) is 17.6 Å². The Kier molecular flexibility index (Phi) is 33.9. The Balaban J connectivity index is 0.00000160. The number of benzene rings is 4. The van der Waals surface area contributed by atoms with E-state index in [0.717, 1.165) is 18.9 Å². The third-order valence-corrected chi connectivity index (χ3v) is 15.0. The molecule has 6 atom stereocenters. The molecule has 6 amide bonds. The molecule has 484 valence electrons. The second-order valence-corrected chi connectivity index (χ2v) is 22.1. The van der Waals surface area contributed by atoms with E-state index in [2.05, 4.69) is 26.2 Å². The molecule has 0 aliphatic carbocycles. The maximum absolute atomic E-state index is 15.3. The van der Waals surface area contributed by atoms with E-state index in [4.69, 9.17) is 24.6 Å². The van der Waals surface area contributed by atoms with Crippen LogP contribution in [0, 0.1) is 38.5 Å². The van der Waals surface area contributed by atoms with Crippen molar-refractivity contribution in [2.45, 2.75) is 144 Å². The standard InChI is InChI=1S/C32H39F2N3O7.C28H35F2N3O5.CH2O3.CH4O.2K.H/c1-8-35-29(41)27-31(6,7)32(33,34)17-37(27)30(42)26(44-21(5)39)24(16-22-12-10-9-11-13-22)36-28(40)23-14-18(2)15-25(19(23)3)43-20(4)38;1-6-31-25(37)23-27(4,5)28(29,30)15-33(23)26(38)22(35)20(14-18-10-8-7-9-11-18)32-24(36)19-12-16(2)13-21(34)17(19)3;2-1-4-3;1-2;;;/h9-15,24,26-27H,8,16-17H2,1-7H3,(H,35,41)(H,36,40);7-13,20,22-23,34-35H,6,14-15H2,1-5H3,(H,31,37)(H,32,36);1,3H;2H,1H3;;;/q;;;;2*+1;-1/p-1/t24-,26-,27?;20-,22-,23?;;;;;/m00...../s1. The molecular formula is C62H80F4K2N6O16. The van der Waals surface area contributed by atoms with Crippen LogP contribution in [0.2, 0.25) is 0 Å². The van der Waals surface area contributed by atoms with Crippen LogP contribution in [0.15, 0.2) is 84.9 Å². The van der Waals surface area contributed by atoms with Crippen molar-refractivity contribution < 1.29 is 200 Å². The summed E-state index contributed by atoms with van der Waals surface area (Å²) >= 11 is 0. The first-order chi connectivity index (χ1) is 41.1. The molecule has 0 spiro atoms. The fraction of sp³-hybridized carbons (Fsp3) is 0.468. The summed E-state index contributed by atoms with van der Waals surface area (Å²) in [5.41, 5.74) is -0.354. The Hall–Kier alpha value is -5.22. The zero-order valence-electron chi connectivity index (χ0n) is 54.4. The van der Waals surface area contributed by atoms with Gasteiger partial charge in [0.25, 0.3) is 41.9 Å². The molecule has 28 heteroatoms. The number of likely N-dealkylation sites (tertiary alicyclic amines) is 2. The summed E-state index contributed by atoms with van der Waals surface area (Å²) in [7, 11) is 1.00. The molecule has 2 aliphatic rings. The number of aliphatic hydroxyl groups excluding tert-OH is 2. The van der Waals surface area contributed by atoms with Gasteiger partial charge in [0.15, 0.2) is 6.10 Å². The molecule has 2 fully saturated rings. The van der Waals surface area contributed by atoms with Crippen molar-refractivity contribution >= 4 is 53.9 Å². The number of carbonyl (C=O) groups is 9. The summed E-state index contributed by atoms with van der Waals surface area (Å²) < 4.78 is 71.3. The number of ether oxygens (including phenoxy) is 2. The SMILES string of the molecule is CCNC(=O)C1N(C(=O)[C@@H](O)[C@H](Cc2ccccc2)NC(=O)c2cc(C)cc(O)c2C)CC(F)(F)C1(C)C.CCNC(=O)C1N(C(=O)[C@@H](OC(C)=O)[C@H](Cc2ccccc2)NC(=O)c2cc(C)cc(OC(C)=O)c2C)CC(F)(F)C1(C)C.CO.O=CO[O-].[H-].[K+].[K+]. The zero-order valence-corrected chi connectivity index (χ0v) is 59.7. The minimum Gasteiger partial charge on any atom is -1.00 e. The van der Waals surface area contributed by atoms with Crippen molar-refractivity contribution in [1.29, 1.82) is 0 Å². The van der Waals surface area contributed by atoms with Gasteiger partial charge in [-0.2, -0.15) is 0 Å². The maximum atomic E-state index is 15.3. The van der Waals surface area contributed by atoms with Crippen molar-refractivity contribution in [3.63, 3.8) is 0 Å². The Morgan fingerprint density at radius 3 is 1.44 bits per heavy atom. The van der Waals surface area contributed by atoms with Gasteiger partial charge in [-0.15, -0.1) is 0 Å². The Morgan fingerprint density at radius 1 is 0.656 bits per heavy atom. The quantitative estimate of drug-likeness (QED) is 0.0106. The molecule has 0 aromatic heterocycles. The van der Waals surface area contributed by atoms with E-state index in [-0.39, 0.29) is 159 Å². The summed E-state index contributed by atoms with van der Waals surface area (Å²) in [6.07, 6.45) is -3.72. The number of alkyl halides is 4. The molecular weight excluding hydrogens is 1240 g/mol. The van der Waals surface area contributed by atoms with E-state index in [1.54, 1.807) is 120 Å². The van der Waals surface area contributed by atoms with E-state index in [0.29, 0.717) is 38.3 Å². The molecule has 6 rings (SSSR count). The minimum absolute atomic E-state index is 0. The van der Waals surface area contributed by atoms with E-state index < -0.39 is 120 Å². The number of aliphatic hydroxyl groups is 2. The second-order valence-electron chi connectivity index (χ2n) is 22.1. The van der Waals surface area contributed by atoms with Crippen LogP contribution >= 0.6 is 0 Å². The molecule has 2 aliphatic heterocycles. The van der Waals surface area contributed by atoms with Crippen LogP contribution < -0.4 is 134 Å². The fourth-order valence-corrected chi connectivity index (χ4v) is 10.2. The van der Waals surface area contributed by atoms with Crippen molar-refractivity contribution in [3.05, 3.63) is 129 Å². The normalized spacial score (nSPS) is 17.4. The van der Waals surface area contributed by atoms with Crippen LogP contribution in [0.4, 0.5) is 17.6 Å². The number of hydrogen-bond acceptors (Lipinski definition) is 16. The molecule has 0 saturated carbocycles. The summed E-state index contributed by atoms with van der Waals surface area (Å²) in [6, 6.07) is 18.1. The topological polar surface area (TPSA) is 320 Å². The maximum Gasteiger partial charge on any atom is 1.00 e. The van der Waals surface area contributed by atoms with Gasteiger partial charge in [-0.1, -0.05) is 88.4 Å². The van der Waals surface area contributed by atoms with Gasteiger partial charge >= 0.3 is 115 Å². The van der Waals surface area contributed by atoms with Crippen molar-refractivity contribution in [2.24, 2.45) is 10.8 Å². The average molecular weight is 1320 g/mol. The number of nitrogens with one attached hydrogen (secondary N) is 4. The third kappa shape index (κ3) is 21.2. The number of amides is 6. The van der Waals surface area contributed by atoms with Gasteiger partial charge in [0.05, 0.1) is 36.0 Å². The van der Waals surface area contributed by atoms with Gasteiger partial charge in [0, 0.05) is 56.3 Å². The van der Waals surface area contributed by atoms with Gasteiger partial charge in [0.1, 0.15) is 23.6 Å². The van der Waals surface area contributed by atoms with Crippen LogP contribution in [-0.4, -0.2) is 160 Å². The number of likely N-dealkylation sites (N-methyl/N-ethyl adjacent to an activating group) is 2. The molecule has 7 N–H and O–H groups in total. The zero-order chi connectivity index (χ0) is 66.8. The number of hydrogen-bond donors (Lipinski definition) is 7. The predicted octanol–water partition coefficient (Wildman–Crippen LogP) is -1.61. The summed E-state index contributed by atoms with van der Waals surface area (Å²) in [4.78, 5) is 117. The predicted molar refractivity (Wildman–Crippen MR) is 311 cm³/mol. The van der Waals surface area contributed by atoms with E-state index in [1.165, 1.54) is 40.7 Å². The number of halogens is 4. The molecule has 0 radical (unpaired) electrons. The molecule has 4 aromatic carbocycles. The number of carbonyl (C=O) groups excluding carboxylic acids is 9. The molecule has 2 unspecified atom stereocenters. The molecule has 2 heterocycles. The van der Waals surface area contributed by atoms with Crippen molar-refractivity contribution in [3.8, 4) is 11.5 Å². The number of phenolic OH excluding ortho intramolecular Hbond substituents is 1. The minimum atomic E-state index is -3.46. The molecule has 22 nitrogen and oxygen atoms in total. The number of esters is 2. The largest absolute Gasteiger partial charge is 1.00 e. The second kappa shape index (κ2) is 36.9. The molecule has 4 aromatic rings. The third-order valence-electron chi connectivity index (χ3n) is 15.0. The number of phenols is 1. The molecule has 90 heavy (non-hydrogen) atoms. The van der Waals surface area contributed by atoms with Crippen molar-refractivity contribution in [1.82, 2.24) is 31.1 Å². The summed E-state index contributed by atoms with van der Waals surface area (Å²) in [5.74, 6) is -13.2. The first-order valence-electron chi connectivity index (χ1n) is 27.9. The Bertz CT molecular complexity index is 3140. The fourth-order valence-electron chi connectivity index (χ4n) is 10.2. The average Bonchev–Trinajstić information content (AvgIpc) is 1.67. The van der Waals surface area contributed by atoms with E-state index in [9.17, 15) is 57.4 Å². The molecule has 0 bridgehead atoms. The van der Waals surface area contributed by atoms with Gasteiger partial charge in [-0.3, -0.25) is 43.2 Å². The van der Waals surface area contributed by atoms with Gasteiger partial charge in [-0.05, 0) is 101 Å². The van der Waals surface area contributed by atoms with Gasteiger partial charge < -0.3 is 67.4 Å². The monoisotopic (exact) mass is 1320 g/mol. The first kappa shape index (κ1) is 82.8. The van der Waals surface area contributed by atoms with Crippen molar-refractivity contribution in [2.75, 3.05) is 33.3 Å².